The fourth-order valence-corrected chi connectivity index (χ4v) is 8.21. The molecule has 0 saturated carbocycles. The summed E-state index contributed by atoms with van der Waals surface area (Å²) in [5.74, 6) is 0. The van der Waals surface area contributed by atoms with Gasteiger partial charge in [-0.1, -0.05) is 182 Å². The van der Waals surface area contributed by atoms with Crippen LogP contribution in [0.2, 0.25) is 0 Å². The Morgan fingerprint density at radius 3 is 1.08 bits per heavy atom. The molecule has 2 aliphatic rings. The van der Waals surface area contributed by atoms with Gasteiger partial charge in [-0.15, -0.1) is 0 Å². The van der Waals surface area contributed by atoms with E-state index in [0.29, 0.717) is 13.2 Å². The van der Waals surface area contributed by atoms with Gasteiger partial charge in [0.2, 0.25) is 0 Å². The SMILES string of the molecule is CO[C@H]1O[C@H](COCc2ccccc2)[C@@H](OCc2ccccc2)[C@H](O[C@H]2O[C@H](COCc3ccccc3)[C@H](OCc3ccccc3)[C@H](O)[C@H]2OCc2ccccc2)[C@@H]1OCc1ccccc1. The average molecular weight is 897 g/mol. The molecule has 6 aromatic rings. The minimum Gasteiger partial charge on any atom is -0.387 e. The number of rotatable bonds is 23. The highest BCUT2D eigenvalue weighted by atomic mass is 16.8. The van der Waals surface area contributed by atoms with Crippen LogP contribution in [0.1, 0.15) is 33.4 Å². The third-order valence-electron chi connectivity index (χ3n) is 11.7. The van der Waals surface area contributed by atoms with Crippen LogP contribution in [0, 0.1) is 0 Å². The Kier molecular flexibility index (Phi) is 18.0. The largest absolute Gasteiger partial charge is 0.387 e. The van der Waals surface area contributed by atoms with E-state index >= 15 is 0 Å². The first-order valence-corrected chi connectivity index (χ1v) is 22.6. The molecule has 10 atom stereocenters. The number of benzene rings is 6. The second kappa shape index (κ2) is 25.1. The van der Waals surface area contributed by atoms with E-state index in [-0.39, 0.29) is 39.6 Å². The van der Waals surface area contributed by atoms with Crippen molar-refractivity contribution in [3.05, 3.63) is 215 Å². The van der Waals surface area contributed by atoms with E-state index in [1.807, 2.05) is 182 Å². The van der Waals surface area contributed by atoms with E-state index in [1.165, 1.54) is 0 Å². The van der Waals surface area contributed by atoms with Crippen molar-refractivity contribution in [3.63, 3.8) is 0 Å². The summed E-state index contributed by atoms with van der Waals surface area (Å²) in [7, 11) is 1.58. The van der Waals surface area contributed by atoms with Crippen LogP contribution in [0.15, 0.2) is 182 Å². The van der Waals surface area contributed by atoms with Gasteiger partial charge in [0, 0.05) is 7.11 Å². The maximum atomic E-state index is 12.6. The average Bonchev–Trinajstić information content (AvgIpc) is 3.37. The second-order valence-corrected chi connectivity index (χ2v) is 16.5. The highest BCUT2D eigenvalue weighted by molar-refractivity contribution is 5.18. The first-order valence-electron chi connectivity index (χ1n) is 22.6. The molecule has 0 bridgehead atoms. The van der Waals surface area contributed by atoms with Crippen molar-refractivity contribution in [2.45, 2.75) is 101 Å². The Labute approximate surface area is 388 Å². The minimum atomic E-state index is -1.23. The van der Waals surface area contributed by atoms with E-state index in [4.69, 9.17) is 47.4 Å². The van der Waals surface area contributed by atoms with Crippen LogP contribution >= 0.6 is 0 Å². The summed E-state index contributed by atoms with van der Waals surface area (Å²) in [6, 6.07) is 59.3. The predicted octanol–water partition coefficient (Wildman–Crippen LogP) is 8.60. The maximum Gasteiger partial charge on any atom is 0.187 e. The third kappa shape index (κ3) is 13.5. The molecule has 2 heterocycles. The van der Waals surface area contributed by atoms with E-state index < -0.39 is 61.4 Å². The molecule has 66 heavy (non-hydrogen) atoms. The topological polar surface area (TPSA) is 113 Å². The molecule has 0 aromatic heterocycles. The van der Waals surface area contributed by atoms with Crippen molar-refractivity contribution in [1.29, 1.82) is 0 Å². The molecule has 346 valence electrons. The summed E-state index contributed by atoms with van der Waals surface area (Å²) in [5, 5.41) is 12.6. The second-order valence-electron chi connectivity index (χ2n) is 16.5. The molecule has 0 amide bonds. The van der Waals surface area contributed by atoms with Gasteiger partial charge in [-0.2, -0.15) is 0 Å². The number of aliphatic hydroxyl groups is 1. The summed E-state index contributed by atoms with van der Waals surface area (Å²) < 4.78 is 66.6. The molecule has 0 spiro atoms. The van der Waals surface area contributed by atoms with Crippen molar-refractivity contribution in [2.24, 2.45) is 0 Å². The zero-order chi connectivity index (χ0) is 45.2. The Balaban J connectivity index is 1.13. The van der Waals surface area contributed by atoms with Gasteiger partial charge in [-0.25, -0.2) is 0 Å². The Hall–Kier alpha value is -5.12. The molecule has 8 rings (SSSR count). The van der Waals surface area contributed by atoms with Crippen LogP contribution in [-0.2, 0) is 87.0 Å². The summed E-state index contributed by atoms with van der Waals surface area (Å²) in [4.78, 5) is 0. The molecule has 2 saturated heterocycles. The van der Waals surface area contributed by atoms with Crippen molar-refractivity contribution in [1.82, 2.24) is 0 Å². The van der Waals surface area contributed by atoms with Gasteiger partial charge in [-0.3, -0.25) is 0 Å². The first-order chi connectivity index (χ1) is 32.6. The zero-order valence-electron chi connectivity index (χ0n) is 37.3. The summed E-state index contributed by atoms with van der Waals surface area (Å²) >= 11 is 0. The molecule has 0 unspecified atom stereocenters. The molecule has 2 aliphatic heterocycles. The van der Waals surface area contributed by atoms with Crippen molar-refractivity contribution in [3.8, 4) is 0 Å². The maximum absolute atomic E-state index is 12.6. The number of ether oxygens (including phenoxy) is 10. The van der Waals surface area contributed by atoms with E-state index in [1.54, 1.807) is 7.11 Å². The lowest BCUT2D eigenvalue weighted by molar-refractivity contribution is -0.374. The molecule has 11 heteroatoms. The highest BCUT2D eigenvalue weighted by Crippen LogP contribution is 2.36. The van der Waals surface area contributed by atoms with Crippen molar-refractivity contribution < 1.29 is 52.5 Å². The Bertz CT molecular complexity index is 2220. The lowest BCUT2D eigenvalue weighted by Crippen LogP contribution is -2.66. The van der Waals surface area contributed by atoms with Crippen LogP contribution in [0.25, 0.3) is 0 Å². The van der Waals surface area contributed by atoms with Crippen LogP contribution in [-0.4, -0.2) is 86.8 Å². The van der Waals surface area contributed by atoms with Crippen molar-refractivity contribution >= 4 is 0 Å². The van der Waals surface area contributed by atoms with Crippen LogP contribution in [0.4, 0.5) is 0 Å². The molecule has 0 aliphatic carbocycles. The number of hydrogen-bond acceptors (Lipinski definition) is 11. The molecular formula is C55H60O11. The predicted molar refractivity (Wildman–Crippen MR) is 247 cm³/mol. The molecule has 11 nitrogen and oxygen atoms in total. The summed E-state index contributed by atoms with van der Waals surface area (Å²) in [6.45, 7) is 1.76. The number of hydrogen-bond donors (Lipinski definition) is 1. The van der Waals surface area contributed by atoms with E-state index in [0.717, 1.165) is 33.4 Å². The lowest BCUT2D eigenvalue weighted by atomic mass is 9.96. The number of methoxy groups -OCH3 is 1. The van der Waals surface area contributed by atoms with Gasteiger partial charge in [0.25, 0.3) is 0 Å². The zero-order valence-corrected chi connectivity index (χ0v) is 37.3. The quantitative estimate of drug-likeness (QED) is 0.0668. The smallest absolute Gasteiger partial charge is 0.187 e. The minimum absolute atomic E-state index is 0.0863. The Morgan fingerprint density at radius 2 is 0.682 bits per heavy atom. The molecule has 0 radical (unpaired) electrons. The van der Waals surface area contributed by atoms with Gasteiger partial charge in [0.1, 0.15) is 48.8 Å². The molecular weight excluding hydrogens is 837 g/mol. The van der Waals surface area contributed by atoms with Gasteiger partial charge in [0.05, 0.1) is 52.9 Å². The molecule has 6 aromatic carbocycles. The number of aliphatic hydroxyl groups excluding tert-OH is 1. The molecule has 1 N–H and O–H groups in total. The summed E-state index contributed by atoms with van der Waals surface area (Å²) in [5.41, 5.74) is 5.77. The monoisotopic (exact) mass is 896 g/mol. The fraction of sp³-hybridized carbons (Fsp3) is 0.345. The van der Waals surface area contributed by atoms with Crippen LogP contribution in [0.5, 0.6) is 0 Å². The van der Waals surface area contributed by atoms with E-state index in [2.05, 4.69) is 0 Å². The van der Waals surface area contributed by atoms with Crippen LogP contribution in [0.3, 0.4) is 0 Å². The summed E-state index contributed by atoms with van der Waals surface area (Å²) in [6.07, 6.45) is -9.24. The first kappa shape index (κ1) is 47.4. The van der Waals surface area contributed by atoms with Gasteiger partial charge >= 0.3 is 0 Å². The van der Waals surface area contributed by atoms with Gasteiger partial charge in [-0.05, 0) is 33.4 Å². The van der Waals surface area contributed by atoms with E-state index in [9.17, 15) is 5.11 Å². The van der Waals surface area contributed by atoms with Crippen LogP contribution < -0.4 is 0 Å². The third-order valence-corrected chi connectivity index (χ3v) is 11.7. The van der Waals surface area contributed by atoms with Gasteiger partial charge in [0.15, 0.2) is 12.6 Å². The highest BCUT2D eigenvalue weighted by Gasteiger charge is 2.54. The lowest BCUT2D eigenvalue weighted by Gasteiger charge is -2.49. The van der Waals surface area contributed by atoms with Crippen molar-refractivity contribution in [2.75, 3.05) is 20.3 Å². The fourth-order valence-electron chi connectivity index (χ4n) is 8.21. The Morgan fingerprint density at radius 1 is 0.364 bits per heavy atom. The molecule has 2 fully saturated rings. The normalized spacial score (nSPS) is 25.4. The standard InChI is InChI=1S/C55H60O11/c1-57-54-53(63-37-45-30-18-7-19-31-45)52(50(61-35-43-26-14-5-15-27-43)47(64-54)39-59-33-41-22-10-3-11-23-41)66-55-51(62-36-44-28-16-6-17-29-44)48(56)49(60-34-42-24-12-4-13-25-42)46(65-55)38-58-32-40-20-8-2-9-21-40/h2-31,46-56H,32-39H2,1H3/t46-,47-,48+,49+,50-,51-,52+,53+,54+,55-/m1/s1. The van der Waals surface area contributed by atoms with Gasteiger partial charge < -0.3 is 52.5 Å².